The van der Waals surface area contributed by atoms with Gasteiger partial charge in [0.25, 0.3) is 6.71 Å². The SMILES string of the molecule is CC(C)(C)c1cc2c3c(c1)N(c1c(-c4ccccc4)cccc1-c1ccccc1)c1cc([Si](c4ccccc4)(c4ccccc4)c4cccc(-c5ccccc5)c4)ccc1B3c1cc([Si](c3ccccc3)(c3ccccc3)c3cccc(-c4ccccc4)c3)ccc1N2c1c(-c2ccccc2)cccc1-c1ccccc1. The molecule has 0 amide bonds. The lowest BCUT2D eigenvalue weighted by Crippen LogP contribution is -2.75. The number of rotatable bonds is 16. The van der Waals surface area contributed by atoms with E-state index in [-0.39, 0.29) is 12.1 Å². The zero-order valence-electron chi connectivity index (χ0n) is 62.5. The van der Waals surface area contributed by atoms with Gasteiger partial charge in [-0.3, -0.25) is 0 Å². The van der Waals surface area contributed by atoms with Crippen LogP contribution in [-0.2, 0) is 5.41 Å². The highest BCUT2D eigenvalue weighted by Gasteiger charge is 2.50. The lowest BCUT2D eigenvalue weighted by molar-refractivity contribution is 0.590. The molecule has 2 heterocycles. The van der Waals surface area contributed by atoms with Crippen LogP contribution >= 0.6 is 0 Å². The Kier molecular flexibility index (Phi) is 17.7. The Morgan fingerprint density at radius 3 is 0.838 bits per heavy atom. The molecule has 0 saturated heterocycles. The summed E-state index contributed by atoms with van der Waals surface area (Å²) < 4.78 is 0. The number of anilines is 6. The number of para-hydroxylation sites is 2. The molecular formula is C106H81BN2Si2. The fourth-order valence-corrected chi connectivity index (χ4v) is 27.8. The Morgan fingerprint density at radius 2 is 0.486 bits per heavy atom. The van der Waals surface area contributed by atoms with Gasteiger partial charge in [-0.05, 0) is 138 Å². The van der Waals surface area contributed by atoms with Crippen molar-refractivity contribution < 1.29 is 0 Å². The van der Waals surface area contributed by atoms with E-state index in [0.717, 1.165) is 78.6 Å². The van der Waals surface area contributed by atoms with Gasteiger partial charge in [-0.25, -0.2) is 0 Å². The Morgan fingerprint density at radius 1 is 0.207 bits per heavy atom. The first kappa shape index (κ1) is 68.4. The second kappa shape index (κ2) is 28.8. The highest BCUT2D eigenvalue weighted by Crippen LogP contribution is 2.53. The van der Waals surface area contributed by atoms with E-state index in [0.29, 0.717) is 0 Å². The van der Waals surface area contributed by atoms with Crippen LogP contribution in [-0.4, -0.2) is 22.9 Å². The molecule has 0 aromatic heterocycles. The molecule has 0 radical (unpaired) electrons. The molecule has 111 heavy (non-hydrogen) atoms. The second-order valence-electron chi connectivity index (χ2n) is 30.6. The third-order valence-corrected chi connectivity index (χ3v) is 32.8. The number of benzene rings is 17. The lowest BCUT2D eigenvalue weighted by Gasteiger charge is -2.47. The maximum Gasteiger partial charge on any atom is 0.252 e. The summed E-state index contributed by atoms with van der Waals surface area (Å²) in [4.78, 5) is 5.49. The van der Waals surface area contributed by atoms with Crippen LogP contribution in [0.1, 0.15) is 26.3 Å². The van der Waals surface area contributed by atoms with Gasteiger partial charge in [0.1, 0.15) is 0 Å². The Bertz CT molecular complexity index is 6030. The van der Waals surface area contributed by atoms with Gasteiger partial charge >= 0.3 is 0 Å². The van der Waals surface area contributed by atoms with E-state index in [9.17, 15) is 0 Å². The Balaban J connectivity index is 1.01. The van der Waals surface area contributed by atoms with Crippen molar-refractivity contribution in [3.63, 3.8) is 0 Å². The van der Waals surface area contributed by atoms with E-state index >= 15 is 0 Å². The summed E-state index contributed by atoms with van der Waals surface area (Å²) in [5.74, 6) is 0. The van der Waals surface area contributed by atoms with Crippen molar-refractivity contribution in [3.8, 4) is 66.8 Å². The minimum Gasteiger partial charge on any atom is -0.310 e. The summed E-state index contributed by atoms with van der Waals surface area (Å²) >= 11 is 0. The quantitative estimate of drug-likeness (QED) is 0.0703. The Labute approximate surface area is 655 Å². The molecule has 19 rings (SSSR count). The monoisotopic (exact) mass is 1450 g/mol. The van der Waals surface area contributed by atoms with Gasteiger partial charge in [-0.2, -0.15) is 0 Å². The molecular weight excluding hydrogens is 1370 g/mol. The van der Waals surface area contributed by atoms with Crippen LogP contribution in [0.25, 0.3) is 66.8 Å². The van der Waals surface area contributed by atoms with Crippen LogP contribution < -0.4 is 67.7 Å². The molecule has 17 aromatic rings. The molecule has 0 spiro atoms. The molecule has 0 aliphatic carbocycles. The summed E-state index contributed by atoms with van der Waals surface area (Å²) in [5, 5.41) is 10.5. The molecule has 17 aromatic carbocycles. The van der Waals surface area contributed by atoms with E-state index in [1.54, 1.807) is 0 Å². The molecule has 2 aliphatic rings. The maximum atomic E-state index is 2.76. The van der Waals surface area contributed by atoms with Gasteiger partial charge < -0.3 is 9.80 Å². The predicted octanol–water partition coefficient (Wildman–Crippen LogP) is 19.8. The number of nitrogens with zero attached hydrogens (tertiary/aromatic N) is 2. The minimum atomic E-state index is -3.38. The molecule has 0 bridgehead atoms. The number of hydrogen-bond donors (Lipinski definition) is 0. The summed E-state index contributed by atoms with van der Waals surface area (Å²) in [6.07, 6.45) is 0. The van der Waals surface area contributed by atoms with Crippen molar-refractivity contribution in [2.45, 2.75) is 26.2 Å². The van der Waals surface area contributed by atoms with E-state index < -0.39 is 16.1 Å². The third-order valence-electron chi connectivity index (χ3n) is 23.3. The van der Waals surface area contributed by atoms with Crippen molar-refractivity contribution >= 4 is 115 Å². The van der Waals surface area contributed by atoms with Crippen LogP contribution in [0.2, 0.25) is 0 Å². The van der Waals surface area contributed by atoms with Crippen LogP contribution in [0, 0.1) is 0 Å². The van der Waals surface area contributed by atoms with Crippen molar-refractivity contribution in [1.29, 1.82) is 0 Å². The normalized spacial score (nSPS) is 12.4. The lowest BCUT2D eigenvalue weighted by atomic mass is 9.33. The summed E-state index contributed by atoms with van der Waals surface area (Å²) in [6.45, 7) is 6.89. The van der Waals surface area contributed by atoms with E-state index in [1.165, 1.54) is 85.7 Å². The zero-order chi connectivity index (χ0) is 74.5. The van der Waals surface area contributed by atoms with E-state index in [2.05, 4.69) is 467 Å². The standard InChI is InChI=1S/C106H81BN2Si2/c1-106(2,3)84-72-101-103-102(73-84)109(105-95(80-46-22-8-23-47-80)64-37-65-96(105)81-48-24-9-25-49-81)100-75-92(111(87-56-30-12-31-57-87,88-58-32-13-33-59-88)90-61-35-51-83(71-90)77-40-16-5-17-41-77)66-68-97(100)107(103)98-74-91(67-69-99(98)108(101)104-93(78-42-18-6-19-43-78)62-36-63-94(104)79-44-20-7-21-45-79)110(85-52-26-10-27-53-85,86-54-28-11-29-55-86)89-60-34-50-82(70-89)76-38-14-4-15-39-76/h4-75H,1-3H3. The molecule has 0 N–H and O–H groups in total. The summed E-state index contributed by atoms with van der Waals surface area (Å²) in [6, 6.07) is 166. The van der Waals surface area contributed by atoms with Crippen molar-refractivity contribution in [1.82, 2.24) is 0 Å². The minimum absolute atomic E-state index is 0.316. The van der Waals surface area contributed by atoms with Gasteiger partial charge in [0.05, 0.1) is 11.4 Å². The van der Waals surface area contributed by atoms with Crippen molar-refractivity contribution in [3.05, 3.63) is 442 Å². The van der Waals surface area contributed by atoms with E-state index in [4.69, 9.17) is 0 Å². The van der Waals surface area contributed by atoms with Gasteiger partial charge in [-0.1, -0.05) is 433 Å². The molecule has 2 aliphatic heterocycles. The van der Waals surface area contributed by atoms with Crippen LogP contribution in [0.15, 0.2) is 437 Å². The molecule has 0 saturated carbocycles. The Hall–Kier alpha value is -13.2. The van der Waals surface area contributed by atoms with Gasteiger partial charge in [0.15, 0.2) is 16.1 Å². The first-order valence-electron chi connectivity index (χ1n) is 38.8. The first-order chi connectivity index (χ1) is 54.7. The number of hydrogen-bond acceptors (Lipinski definition) is 2. The fourth-order valence-electron chi connectivity index (χ4n) is 18.2. The molecule has 0 atom stereocenters. The van der Waals surface area contributed by atoms with Crippen molar-refractivity contribution in [2.24, 2.45) is 0 Å². The highest BCUT2D eigenvalue weighted by atomic mass is 28.3. The molecule has 0 unspecified atom stereocenters. The van der Waals surface area contributed by atoms with E-state index in [1.807, 2.05) is 0 Å². The molecule has 5 heteroatoms. The van der Waals surface area contributed by atoms with Crippen molar-refractivity contribution in [2.75, 3.05) is 9.80 Å². The average Bonchev–Trinajstić information content (AvgIpc) is 0.681. The summed E-state index contributed by atoms with van der Waals surface area (Å²) in [5.41, 5.74) is 25.4. The zero-order valence-corrected chi connectivity index (χ0v) is 64.5. The van der Waals surface area contributed by atoms with Gasteiger partial charge in [-0.15, -0.1) is 0 Å². The highest BCUT2D eigenvalue weighted by molar-refractivity contribution is 7.21. The molecule has 526 valence electrons. The van der Waals surface area contributed by atoms with Crippen LogP contribution in [0.3, 0.4) is 0 Å². The maximum absolute atomic E-state index is 3.38. The first-order valence-corrected chi connectivity index (χ1v) is 42.8. The largest absolute Gasteiger partial charge is 0.310 e. The number of fused-ring (bicyclic) bond motifs is 4. The van der Waals surface area contributed by atoms with Gasteiger partial charge in [0, 0.05) is 45.0 Å². The average molecular weight is 1450 g/mol. The fraction of sp³-hybridized carbons (Fsp3) is 0.0377. The topological polar surface area (TPSA) is 6.48 Å². The smallest absolute Gasteiger partial charge is 0.252 e. The predicted molar refractivity (Wildman–Crippen MR) is 479 cm³/mol. The summed E-state index contributed by atoms with van der Waals surface area (Å²) in [7, 11) is -6.74. The van der Waals surface area contributed by atoms with Crippen LogP contribution in [0.4, 0.5) is 34.1 Å². The van der Waals surface area contributed by atoms with Gasteiger partial charge in [0.2, 0.25) is 0 Å². The second-order valence-corrected chi connectivity index (χ2v) is 38.2. The third kappa shape index (κ3) is 11.9. The molecule has 0 fully saturated rings. The molecule has 2 nitrogen and oxygen atoms in total. The van der Waals surface area contributed by atoms with Crippen LogP contribution in [0.5, 0.6) is 0 Å².